The van der Waals surface area contributed by atoms with Crippen LogP contribution in [0.3, 0.4) is 0 Å². The predicted molar refractivity (Wildman–Crippen MR) is 73.4 cm³/mol. The molecule has 0 spiro atoms. The Balaban J connectivity index is 2.36. The van der Waals surface area contributed by atoms with Crippen molar-refractivity contribution in [1.82, 2.24) is 4.90 Å². The van der Waals surface area contributed by atoms with Crippen LogP contribution < -0.4 is 0 Å². The largest absolute Gasteiger partial charge is 0.481 e. The normalized spacial score (nSPS) is 16.2. The molecule has 0 aromatic heterocycles. The average Bonchev–Trinajstić information content (AvgIpc) is 2.83. The first-order chi connectivity index (χ1) is 8.56. The summed E-state index contributed by atoms with van der Waals surface area (Å²) < 4.78 is 0. The third-order valence-corrected chi connectivity index (χ3v) is 4.18. The molecule has 1 aliphatic rings. The summed E-state index contributed by atoms with van der Waals surface area (Å²) in [7, 11) is 0. The molecule has 0 aliphatic heterocycles. The SMILES string of the molecule is CCN(C(=O)CSCC(C)C(=O)O)C1=CCCC1. The fourth-order valence-corrected chi connectivity index (χ4v) is 2.86. The monoisotopic (exact) mass is 271 g/mol. The zero-order valence-electron chi connectivity index (χ0n) is 11.0. The molecule has 0 saturated carbocycles. The lowest BCUT2D eigenvalue weighted by Gasteiger charge is -2.22. The van der Waals surface area contributed by atoms with Gasteiger partial charge in [-0.15, -0.1) is 0 Å². The number of carbonyl (C=O) groups is 2. The third-order valence-electron chi connectivity index (χ3n) is 3.00. The van der Waals surface area contributed by atoms with Gasteiger partial charge in [-0.1, -0.05) is 13.0 Å². The number of carbonyl (C=O) groups excluding carboxylic acids is 1. The second-order valence-electron chi connectivity index (χ2n) is 4.48. The molecule has 0 heterocycles. The van der Waals surface area contributed by atoms with Gasteiger partial charge in [-0.2, -0.15) is 11.8 Å². The van der Waals surface area contributed by atoms with Gasteiger partial charge in [0.25, 0.3) is 0 Å². The molecule has 0 radical (unpaired) electrons. The molecule has 18 heavy (non-hydrogen) atoms. The fraction of sp³-hybridized carbons (Fsp3) is 0.692. The number of hydrogen-bond donors (Lipinski definition) is 1. The van der Waals surface area contributed by atoms with Gasteiger partial charge in [-0.05, 0) is 26.2 Å². The van der Waals surface area contributed by atoms with E-state index in [9.17, 15) is 9.59 Å². The lowest BCUT2D eigenvalue weighted by atomic mass is 10.2. The summed E-state index contributed by atoms with van der Waals surface area (Å²) >= 11 is 1.40. The van der Waals surface area contributed by atoms with E-state index >= 15 is 0 Å². The van der Waals surface area contributed by atoms with Crippen LogP contribution in [0.15, 0.2) is 11.8 Å². The molecule has 0 bridgehead atoms. The first-order valence-corrected chi connectivity index (χ1v) is 7.51. The van der Waals surface area contributed by atoms with Gasteiger partial charge in [0.1, 0.15) is 0 Å². The lowest BCUT2D eigenvalue weighted by Crippen LogP contribution is -2.31. The van der Waals surface area contributed by atoms with Crippen LogP contribution in [0.5, 0.6) is 0 Å². The Hall–Kier alpha value is -0.970. The van der Waals surface area contributed by atoms with E-state index in [0.717, 1.165) is 25.0 Å². The van der Waals surface area contributed by atoms with E-state index in [1.54, 1.807) is 6.92 Å². The zero-order valence-corrected chi connectivity index (χ0v) is 11.8. The number of hydrogen-bond acceptors (Lipinski definition) is 3. The Labute approximate surface area is 112 Å². The zero-order chi connectivity index (χ0) is 13.5. The van der Waals surface area contributed by atoms with Crippen molar-refractivity contribution in [1.29, 1.82) is 0 Å². The number of aliphatic carboxylic acids is 1. The van der Waals surface area contributed by atoms with Crippen LogP contribution in [0.4, 0.5) is 0 Å². The van der Waals surface area contributed by atoms with Crippen LogP contribution in [-0.4, -0.2) is 39.9 Å². The molecular weight excluding hydrogens is 250 g/mol. The highest BCUT2D eigenvalue weighted by molar-refractivity contribution is 7.99. The number of rotatable bonds is 7. The van der Waals surface area contributed by atoms with Gasteiger partial charge >= 0.3 is 5.97 Å². The number of thioether (sulfide) groups is 1. The molecule has 1 amide bonds. The minimum Gasteiger partial charge on any atom is -0.481 e. The van der Waals surface area contributed by atoms with Crippen LogP contribution >= 0.6 is 11.8 Å². The Morgan fingerprint density at radius 1 is 1.56 bits per heavy atom. The highest BCUT2D eigenvalue weighted by Crippen LogP contribution is 2.22. The van der Waals surface area contributed by atoms with E-state index in [2.05, 4.69) is 6.08 Å². The lowest BCUT2D eigenvalue weighted by molar-refractivity contribution is -0.140. The van der Waals surface area contributed by atoms with Crippen molar-refractivity contribution in [2.75, 3.05) is 18.1 Å². The minimum absolute atomic E-state index is 0.0910. The molecule has 0 fully saturated rings. The van der Waals surface area contributed by atoms with Crippen molar-refractivity contribution >= 4 is 23.6 Å². The maximum Gasteiger partial charge on any atom is 0.307 e. The maximum atomic E-state index is 12.0. The number of amides is 1. The third kappa shape index (κ3) is 4.37. The van der Waals surface area contributed by atoms with Crippen LogP contribution in [0.2, 0.25) is 0 Å². The van der Waals surface area contributed by atoms with Gasteiger partial charge < -0.3 is 10.0 Å². The van der Waals surface area contributed by atoms with E-state index in [-0.39, 0.29) is 5.91 Å². The van der Waals surface area contributed by atoms with Crippen molar-refractivity contribution in [2.45, 2.75) is 33.1 Å². The van der Waals surface area contributed by atoms with Crippen molar-refractivity contribution in [3.63, 3.8) is 0 Å². The highest BCUT2D eigenvalue weighted by Gasteiger charge is 2.19. The van der Waals surface area contributed by atoms with Crippen LogP contribution in [0.25, 0.3) is 0 Å². The summed E-state index contributed by atoms with van der Waals surface area (Å²) in [6.07, 6.45) is 5.30. The second kappa shape index (κ2) is 7.46. The maximum absolute atomic E-state index is 12.0. The van der Waals surface area contributed by atoms with Gasteiger partial charge in [0.2, 0.25) is 5.91 Å². The molecule has 1 N–H and O–H groups in total. The van der Waals surface area contributed by atoms with Crippen LogP contribution in [0.1, 0.15) is 33.1 Å². The number of carboxylic acid groups (broad SMARTS) is 1. The summed E-state index contributed by atoms with van der Waals surface area (Å²) in [5, 5.41) is 8.76. The molecule has 0 aromatic rings. The van der Waals surface area contributed by atoms with E-state index < -0.39 is 11.9 Å². The summed E-state index contributed by atoms with van der Waals surface area (Å²) in [5.41, 5.74) is 1.13. The van der Waals surface area contributed by atoms with Crippen molar-refractivity contribution in [3.05, 3.63) is 11.8 Å². The summed E-state index contributed by atoms with van der Waals surface area (Å²) in [5.74, 6) is -0.266. The molecule has 1 aliphatic carbocycles. The molecular formula is C13H21NO3S. The van der Waals surface area contributed by atoms with E-state index in [0.29, 0.717) is 18.1 Å². The smallest absolute Gasteiger partial charge is 0.307 e. The van der Waals surface area contributed by atoms with Crippen molar-refractivity contribution < 1.29 is 14.7 Å². The van der Waals surface area contributed by atoms with Crippen LogP contribution in [0, 0.1) is 5.92 Å². The number of carboxylic acids is 1. The predicted octanol–water partition coefficient (Wildman–Crippen LogP) is 2.36. The van der Waals surface area contributed by atoms with E-state index in [4.69, 9.17) is 5.11 Å². The summed E-state index contributed by atoms with van der Waals surface area (Å²) in [4.78, 5) is 24.5. The summed E-state index contributed by atoms with van der Waals surface area (Å²) in [6.45, 7) is 4.33. The van der Waals surface area contributed by atoms with Crippen LogP contribution in [-0.2, 0) is 9.59 Å². The Morgan fingerprint density at radius 3 is 2.78 bits per heavy atom. The Bertz CT molecular complexity index is 341. The molecule has 4 nitrogen and oxygen atoms in total. The molecule has 1 unspecified atom stereocenters. The van der Waals surface area contributed by atoms with Gasteiger partial charge in [-0.3, -0.25) is 9.59 Å². The van der Waals surface area contributed by atoms with Crippen molar-refractivity contribution in [2.24, 2.45) is 5.92 Å². The van der Waals surface area contributed by atoms with E-state index in [1.807, 2.05) is 11.8 Å². The van der Waals surface area contributed by atoms with Gasteiger partial charge in [0, 0.05) is 18.0 Å². The van der Waals surface area contributed by atoms with E-state index in [1.165, 1.54) is 11.8 Å². The average molecular weight is 271 g/mol. The Morgan fingerprint density at radius 2 is 2.28 bits per heavy atom. The molecule has 1 rings (SSSR count). The van der Waals surface area contributed by atoms with Gasteiger partial charge in [0.05, 0.1) is 11.7 Å². The molecule has 0 aromatic carbocycles. The summed E-state index contributed by atoms with van der Waals surface area (Å²) in [6, 6.07) is 0. The minimum atomic E-state index is -0.805. The number of nitrogens with zero attached hydrogens (tertiary/aromatic N) is 1. The van der Waals surface area contributed by atoms with Gasteiger partial charge in [0.15, 0.2) is 0 Å². The molecule has 102 valence electrons. The molecule has 5 heteroatoms. The molecule has 1 atom stereocenters. The second-order valence-corrected chi connectivity index (χ2v) is 5.51. The fourth-order valence-electron chi connectivity index (χ4n) is 1.91. The topological polar surface area (TPSA) is 57.6 Å². The molecule has 0 saturated heterocycles. The Kier molecular flexibility index (Phi) is 6.25. The quantitative estimate of drug-likeness (QED) is 0.772. The standard InChI is InChI=1S/C13H21NO3S/c1-3-14(11-6-4-5-7-11)12(15)9-18-8-10(2)13(16)17/h6,10H,3-5,7-9H2,1-2H3,(H,16,17). The van der Waals surface area contributed by atoms with Gasteiger partial charge in [-0.25, -0.2) is 0 Å². The number of allylic oxidation sites excluding steroid dienone is 2. The highest BCUT2D eigenvalue weighted by atomic mass is 32.2. The first-order valence-electron chi connectivity index (χ1n) is 6.36. The van der Waals surface area contributed by atoms with Crippen molar-refractivity contribution in [3.8, 4) is 0 Å². The first kappa shape index (κ1) is 15.1.